The molecule has 172 valence electrons. The van der Waals surface area contributed by atoms with Crippen LogP contribution in [0.25, 0.3) is 11.1 Å². The van der Waals surface area contributed by atoms with Gasteiger partial charge in [0.1, 0.15) is 0 Å². The van der Waals surface area contributed by atoms with Crippen molar-refractivity contribution in [1.29, 1.82) is 0 Å². The Bertz CT molecular complexity index is 772. The molecule has 3 rings (SSSR count). The van der Waals surface area contributed by atoms with Gasteiger partial charge in [-0.3, -0.25) is 0 Å². The summed E-state index contributed by atoms with van der Waals surface area (Å²) in [6, 6.07) is 17.1. The quantitative estimate of drug-likeness (QED) is 0.147. The van der Waals surface area contributed by atoms with Gasteiger partial charge in [0.05, 0.1) is 0 Å². The summed E-state index contributed by atoms with van der Waals surface area (Å²) in [6.45, 7) is 4.60. The van der Waals surface area contributed by atoms with Crippen molar-refractivity contribution in [2.24, 2.45) is 0 Å². The van der Waals surface area contributed by atoms with E-state index >= 15 is 0 Å². The summed E-state index contributed by atoms with van der Waals surface area (Å²) >= 11 is 3.77. The molecule has 2 aromatic carbocycles. The number of hydrogen-bond donors (Lipinski definition) is 0. The van der Waals surface area contributed by atoms with E-state index < -0.39 is 0 Å². The van der Waals surface area contributed by atoms with Crippen molar-refractivity contribution in [2.45, 2.75) is 109 Å². The summed E-state index contributed by atoms with van der Waals surface area (Å²) in [4.78, 5) is 0. The van der Waals surface area contributed by atoms with Crippen molar-refractivity contribution in [3.63, 3.8) is 0 Å². The van der Waals surface area contributed by atoms with Gasteiger partial charge in [0, 0.05) is 4.47 Å². The molecule has 1 aliphatic carbocycles. The van der Waals surface area contributed by atoms with Gasteiger partial charge >= 0.3 is 23.1 Å². The Morgan fingerprint density at radius 2 is 1.25 bits per heavy atom. The maximum absolute atomic E-state index is 3.77. The molecule has 0 unspecified atom stereocenters. The molecule has 0 saturated heterocycles. The molecule has 0 nitrogen and oxygen atoms in total. The fourth-order valence-electron chi connectivity index (χ4n) is 5.43. The van der Waals surface area contributed by atoms with Gasteiger partial charge in [0.2, 0.25) is 0 Å². The zero-order valence-electron chi connectivity index (χ0n) is 20.3. The third-order valence-corrected chi connectivity index (χ3v) is 7.57. The van der Waals surface area contributed by atoms with Crippen molar-refractivity contribution in [3.05, 3.63) is 58.1 Å². The number of halogens is 2. The van der Waals surface area contributed by atoms with Crippen LogP contribution in [-0.4, -0.2) is 23.1 Å². The second kappa shape index (κ2) is 15.8. The Balaban J connectivity index is 0.00000256. The molecule has 0 aliphatic heterocycles. The normalized spacial score (nSPS) is 13.1. The average molecular weight is 528 g/mol. The molecule has 0 amide bonds. The number of benzene rings is 2. The van der Waals surface area contributed by atoms with E-state index in [0.29, 0.717) is 0 Å². The van der Waals surface area contributed by atoms with Gasteiger partial charge in [-0.1, -0.05) is 126 Å². The number of rotatable bonds is 14. The number of fused-ring (bicyclic) bond motifs is 3. The smallest absolute Gasteiger partial charge is 1.00 e. The van der Waals surface area contributed by atoms with Gasteiger partial charge in [0.25, 0.3) is 0 Å². The van der Waals surface area contributed by atoms with E-state index in [4.69, 9.17) is 0 Å². The summed E-state index contributed by atoms with van der Waals surface area (Å²) < 4.78 is 1.22. The summed E-state index contributed by atoms with van der Waals surface area (Å²) in [5.41, 5.74) is 6.20. The third kappa shape index (κ3) is 7.49. The molecule has 0 atom stereocenters. The Morgan fingerprint density at radius 3 is 1.84 bits per heavy atom. The molecule has 32 heavy (non-hydrogen) atoms. The van der Waals surface area contributed by atoms with E-state index in [1.165, 1.54) is 105 Å². The standard InChI is InChI=1S/C29H40Br.ClH.Mg/c1-3-5-7-9-11-15-21-29(22-16-12-10-8-6-4-2)27-18-14-13-17-25(27)26-20-19-24(30)23-28(26)29;;/h13,17-20,23H,3-12,15-16,21-22H2,1-2H3;1H;/q-1;;+2/p-1. The van der Waals surface area contributed by atoms with Crippen LogP contribution in [0.15, 0.2) is 40.9 Å². The monoisotopic (exact) mass is 526 g/mol. The largest absolute Gasteiger partial charge is 2.00 e. The van der Waals surface area contributed by atoms with Crippen LogP contribution in [-0.2, 0) is 5.41 Å². The van der Waals surface area contributed by atoms with Gasteiger partial charge < -0.3 is 12.4 Å². The molecular formula is C29H40BrClMg. The van der Waals surface area contributed by atoms with Crippen LogP contribution in [0.2, 0.25) is 0 Å². The third-order valence-electron chi connectivity index (χ3n) is 7.08. The summed E-state index contributed by atoms with van der Waals surface area (Å²) in [5.74, 6) is 0. The molecule has 0 saturated carbocycles. The van der Waals surface area contributed by atoms with Crippen LogP contribution in [0.3, 0.4) is 0 Å². The molecular weight excluding hydrogens is 488 g/mol. The van der Waals surface area contributed by atoms with Crippen molar-refractivity contribution >= 4 is 39.0 Å². The minimum Gasteiger partial charge on any atom is -1.00 e. The fourth-order valence-corrected chi connectivity index (χ4v) is 5.79. The Hall–Kier alpha value is -0.0238. The zero-order chi connectivity index (χ0) is 21.2. The maximum Gasteiger partial charge on any atom is 2.00 e. The molecule has 3 heteroatoms. The Labute approximate surface area is 228 Å². The predicted molar refractivity (Wildman–Crippen MR) is 141 cm³/mol. The van der Waals surface area contributed by atoms with Crippen LogP contribution in [0, 0.1) is 6.07 Å². The first-order chi connectivity index (χ1) is 14.7. The molecule has 0 bridgehead atoms. The first-order valence-electron chi connectivity index (χ1n) is 12.5. The fraction of sp³-hybridized carbons (Fsp3) is 0.586. The number of hydrogen-bond acceptors (Lipinski definition) is 0. The van der Waals surface area contributed by atoms with E-state index in [2.05, 4.69) is 72.2 Å². The second-order valence-corrected chi connectivity index (χ2v) is 10.2. The van der Waals surface area contributed by atoms with E-state index in [1.54, 1.807) is 11.1 Å². The SMILES string of the molecule is CCCCCCCCC1(CCCCCCCC)c2c[c-]ccc2-c2ccc(Br)cc21.[Cl-].[Mg+2]. The van der Waals surface area contributed by atoms with Gasteiger partial charge in [0.15, 0.2) is 0 Å². The van der Waals surface area contributed by atoms with Crippen molar-refractivity contribution in [2.75, 3.05) is 0 Å². The van der Waals surface area contributed by atoms with Crippen LogP contribution < -0.4 is 12.4 Å². The summed E-state index contributed by atoms with van der Waals surface area (Å²) in [6.07, 6.45) is 19.0. The van der Waals surface area contributed by atoms with Gasteiger partial charge in [-0.05, 0) is 28.7 Å². The zero-order valence-corrected chi connectivity index (χ0v) is 24.1. The van der Waals surface area contributed by atoms with E-state index in [0.717, 1.165) is 0 Å². The molecule has 0 aromatic heterocycles. The predicted octanol–water partition coefficient (Wildman–Crippen LogP) is 6.64. The minimum absolute atomic E-state index is 0. The molecule has 0 spiro atoms. The van der Waals surface area contributed by atoms with E-state index in [-0.39, 0.29) is 40.9 Å². The van der Waals surface area contributed by atoms with Gasteiger partial charge in [-0.2, -0.15) is 24.3 Å². The molecule has 1 aliphatic rings. The van der Waals surface area contributed by atoms with Gasteiger partial charge in [-0.15, -0.1) is 11.1 Å². The first-order valence-corrected chi connectivity index (χ1v) is 13.3. The number of unbranched alkanes of at least 4 members (excludes halogenated alkanes) is 10. The Morgan fingerprint density at radius 1 is 0.719 bits per heavy atom. The summed E-state index contributed by atoms with van der Waals surface area (Å²) in [5, 5.41) is 0. The van der Waals surface area contributed by atoms with Gasteiger partial charge in [-0.25, -0.2) is 0 Å². The van der Waals surface area contributed by atoms with E-state index in [9.17, 15) is 0 Å². The second-order valence-electron chi connectivity index (χ2n) is 9.28. The van der Waals surface area contributed by atoms with Crippen LogP contribution >= 0.6 is 15.9 Å². The molecule has 2 aromatic rings. The molecule has 0 fully saturated rings. The van der Waals surface area contributed by atoms with Crippen LogP contribution in [0.4, 0.5) is 0 Å². The van der Waals surface area contributed by atoms with Crippen LogP contribution in [0.5, 0.6) is 0 Å². The average Bonchev–Trinajstić information content (AvgIpc) is 3.03. The topological polar surface area (TPSA) is 0 Å². The summed E-state index contributed by atoms with van der Waals surface area (Å²) in [7, 11) is 0. The van der Waals surface area contributed by atoms with Crippen molar-refractivity contribution in [3.8, 4) is 11.1 Å². The van der Waals surface area contributed by atoms with Crippen molar-refractivity contribution < 1.29 is 12.4 Å². The minimum atomic E-state index is 0. The van der Waals surface area contributed by atoms with Crippen molar-refractivity contribution in [1.82, 2.24) is 0 Å². The maximum atomic E-state index is 3.77. The molecule has 0 N–H and O–H groups in total. The Kier molecular flexibility index (Phi) is 14.8. The van der Waals surface area contributed by atoms with Crippen LogP contribution in [0.1, 0.15) is 115 Å². The van der Waals surface area contributed by atoms with E-state index in [1.807, 2.05) is 0 Å². The molecule has 0 radical (unpaired) electrons. The first kappa shape index (κ1) is 30.0. The molecule has 0 heterocycles.